The quantitative estimate of drug-likeness (QED) is 0.665. The Balaban J connectivity index is 2.03. The number of halogens is 3. The number of aromatic nitrogens is 3. The van der Waals surface area contributed by atoms with Gasteiger partial charge in [0, 0.05) is 17.8 Å². The fourth-order valence-electron chi connectivity index (χ4n) is 2.83. The molecule has 7 nitrogen and oxygen atoms in total. The largest absolute Gasteiger partial charge is 0.470 e. The second kappa shape index (κ2) is 7.53. The summed E-state index contributed by atoms with van der Waals surface area (Å²) in [5.41, 5.74) is -1.63. The lowest BCUT2D eigenvalue weighted by molar-refractivity contribution is -0.138. The molecule has 0 saturated carbocycles. The second-order valence-electron chi connectivity index (χ2n) is 6.24. The zero-order valence-corrected chi connectivity index (χ0v) is 15.6. The minimum Gasteiger partial charge on any atom is -0.470 e. The fraction of sp³-hybridized carbons (Fsp3) is 0.263. The molecule has 1 unspecified atom stereocenters. The third kappa shape index (κ3) is 4.20. The van der Waals surface area contributed by atoms with Crippen molar-refractivity contribution in [2.75, 3.05) is 7.11 Å². The van der Waals surface area contributed by atoms with Gasteiger partial charge < -0.3 is 14.5 Å². The number of rotatable bonds is 4. The predicted molar refractivity (Wildman–Crippen MR) is 96.7 cm³/mol. The van der Waals surface area contributed by atoms with Crippen LogP contribution in [0.1, 0.15) is 40.3 Å². The lowest BCUT2D eigenvalue weighted by Crippen LogP contribution is -2.17. The third-order valence-corrected chi connectivity index (χ3v) is 4.19. The number of carbonyl (C=O) groups excluding carboxylic acids is 1. The highest BCUT2D eigenvalue weighted by Gasteiger charge is 2.36. The molecule has 0 bridgehead atoms. The maximum atomic E-state index is 13.6. The Hall–Kier alpha value is -3.43. The zero-order chi connectivity index (χ0) is 21.3. The summed E-state index contributed by atoms with van der Waals surface area (Å²) in [7, 11) is 1.21. The highest BCUT2D eigenvalue weighted by atomic mass is 19.4. The molecule has 0 radical (unpaired) electrons. The molecule has 2 heterocycles. The summed E-state index contributed by atoms with van der Waals surface area (Å²) in [4.78, 5) is 33.9. The molecule has 0 aliphatic heterocycles. The van der Waals surface area contributed by atoms with Gasteiger partial charge in [0.1, 0.15) is 11.9 Å². The van der Waals surface area contributed by atoms with E-state index >= 15 is 0 Å². The summed E-state index contributed by atoms with van der Waals surface area (Å²) in [6, 6.07) is 4.68. The topological polar surface area (TPSA) is 94.2 Å². The van der Waals surface area contributed by atoms with Crippen molar-refractivity contribution in [3.8, 4) is 5.88 Å². The Morgan fingerprint density at radius 2 is 1.97 bits per heavy atom. The van der Waals surface area contributed by atoms with Crippen molar-refractivity contribution in [2.24, 2.45) is 0 Å². The van der Waals surface area contributed by atoms with Crippen LogP contribution in [0.5, 0.6) is 5.88 Å². The first-order valence-corrected chi connectivity index (χ1v) is 8.43. The molecule has 1 atom stereocenters. The molecule has 0 amide bonds. The Morgan fingerprint density at radius 1 is 1.24 bits per heavy atom. The molecule has 0 fully saturated rings. The van der Waals surface area contributed by atoms with Crippen LogP contribution >= 0.6 is 0 Å². The molecule has 1 aromatic carbocycles. The van der Waals surface area contributed by atoms with Crippen LogP contribution in [0.4, 0.5) is 13.2 Å². The Kier molecular flexibility index (Phi) is 5.27. The minimum atomic E-state index is -4.68. The van der Waals surface area contributed by atoms with E-state index in [1.165, 1.54) is 39.3 Å². The number of pyridine rings is 1. The van der Waals surface area contributed by atoms with Crippen molar-refractivity contribution >= 4 is 16.9 Å². The zero-order valence-electron chi connectivity index (χ0n) is 15.6. The van der Waals surface area contributed by atoms with E-state index in [4.69, 9.17) is 4.74 Å². The molecule has 3 rings (SSSR count). The number of aryl methyl sites for hydroxylation is 1. The summed E-state index contributed by atoms with van der Waals surface area (Å²) in [6.45, 7) is 2.89. The van der Waals surface area contributed by atoms with E-state index in [1.807, 2.05) is 0 Å². The van der Waals surface area contributed by atoms with E-state index in [2.05, 4.69) is 19.7 Å². The lowest BCUT2D eigenvalue weighted by atomic mass is 10.00. The van der Waals surface area contributed by atoms with Gasteiger partial charge in [0.15, 0.2) is 0 Å². The first-order valence-electron chi connectivity index (χ1n) is 8.43. The summed E-state index contributed by atoms with van der Waals surface area (Å²) in [6.07, 6.45) is -4.58. The molecule has 1 N–H and O–H groups in total. The number of nitrogens with zero attached hydrogens (tertiary/aromatic N) is 2. The molecule has 152 valence electrons. The Bertz CT molecular complexity index is 1120. The number of H-pyrrole nitrogens is 1. The summed E-state index contributed by atoms with van der Waals surface area (Å²) >= 11 is 0. The van der Waals surface area contributed by atoms with Crippen molar-refractivity contribution in [1.82, 2.24) is 15.0 Å². The maximum Gasteiger partial charge on any atom is 0.416 e. The van der Waals surface area contributed by atoms with Gasteiger partial charge in [-0.25, -0.2) is 14.8 Å². The standard InChI is InChI=1S/C19H16F3N3O4/c1-9(29-16-5-4-11(8-23-16)18(27)28-3)12-6-13-15(7-14(12)19(20,21)22)24-10(2)25-17(13)26/h4-9H,1-3H3,(H,24,25,26). The van der Waals surface area contributed by atoms with Gasteiger partial charge in [-0.05, 0) is 32.0 Å². The Labute approximate surface area is 162 Å². The summed E-state index contributed by atoms with van der Waals surface area (Å²) in [5.74, 6) is -0.384. The van der Waals surface area contributed by atoms with Gasteiger partial charge in [0.25, 0.3) is 5.56 Å². The van der Waals surface area contributed by atoms with Gasteiger partial charge in [-0.3, -0.25) is 4.79 Å². The number of carbonyl (C=O) groups is 1. The minimum absolute atomic E-state index is 0.00863. The van der Waals surface area contributed by atoms with Crippen molar-refractivity contribution < 1.29 is 27.4 Å². The van der Waals surface area contributed by atoms with Crippen LogP contribution in [0.15, 0.2) is 35.3 Å². The molecule has 0 saturated heterocycles. The number of fused-ring (bicyclic) bond motifs is 1. The van der Waals surface area contributed by atoms with E-state index < -0.39 is 29.4 Å². The maximum absolute atomic E-state index is 13.6. The molecule has 2 aromatic heterocycles. The third-order valence-electron chi connectivity index (χ3n) is 4.19. The molecule has 0 aliphatic rings. The molecular formula is C19H16F3N3O4. The average molecular weight is 407 g/mol. The number of hydrogen-bond donors (Lipinski definition) is 1. The lowest BCUT2D eigenvalue weighted by Gasteiger charge is -2.20. The van der Waals surface area contributed by atoms with E-state index in [0.717, 1.165) is 12.1 Å². The van der Waals surface area contributed by atoms with Gasteiger partial charge in [0.2, 0.25) is 5.88 Å². The molecule has 3 aromatic rings. The monoisotopic (exact) mass is 407 g/mol. The smallest absolute Gasteiger partial charge is 0.416 e. The van der Waals surface area contributed by atoms with E-state index in [9.17, 15) is 22.8 Å². The molecule has 0 spiro atoms. The van der Waals surface area contributed by atoms with Crippen molar-refractivity contribution in [3.05, 3.63) is 63.3 Å². The van der Waals surface area contributed by atoms with Crippen LogP contribution in [0.25, 0.3) is 10.9 Å². The number of nitrogens with one attached hydrogen (secondary N) is 1. The summed E-state index contributed by atoms with van der Waals surface area (Å²) < 4.78 is 50.9. The Morgan fingerprint density at radius 3 is 2.55 bits per heavy atom. The van der Waals surface area contributed by atoms with Gasteiger partial charge in [-0.2, -0.15) is 13.2 Å². The molecular weight excluding hydrogens is 391 g/mol. The first-order chi connectivity index (χ1) is 13.6. The van der Waals surface area contributed by atoms with Crippen LogP contribution in [-0.2, 0) is 10.9 Å². The number of aromatic amines is 1. The van der Waals surface area contributed by atoms with Crippen LogP contribution in [0.2, 0.25) is 0 Å². The average Bonchev–Trinajstić information content (AvgIpc) is 2.66. The SMILES string of the molecule is COC(=O)c1ccc(OC(C)c2cc3c(=O)[nH]c(C)nc3cc2C(F)(F)F)nc1. The van der Waals surface area contributed by atoms with Crippen molar-refractivity contribution in [1.29, 1.82) is 0 Å². The summed E-state index contributed by atoms with van der Waals surface area (Å²) in [5, 5.41) is 0.0167. The fourth-order valence-corrected chi connectivity index (χ4v) is 2.83. The highest BCUT2D eigenvalue weighted by Crippen LogP contribution is 2.37. The molecule has 29 heavy (non-hydrogen) atoms. The molecule has 0 aliphatic carbocycles. The van der Waals surface area contributed by atoms with Gasteiger partial charge >= 0.3 is 12.1 Å². The number of benzene rings is 1. The van der Waals surface area contributed by atoms with Crippen LogP contribution < -0.4 is 10.3 Å². The van der Waals surface area contributed by atoms with Gasteiger partial charge in [0.05, 0.1) is 29.1 Å². The van der Waals surface area contributed by atoms with Crippen LogP contribution in [0.3, 0.4) is 0 Å². The van der Waals surface area contributed by atoms with E-state index in [0.29, 0.717) is 0 Å². The van der Waals surface area contributed by atoms with Gasteiger partial charge in [-0.15, -0.1) is 0 Å². The second-order valence-corrected chi connectivity index (χ2v) is 6.24. The van der Waals surface area contributed by atoms with Crippen LogP contribution in [-0.4, -0.2) is 28.0 Å². The van der Waals surface area contributed by atoms with Gasteiger partial charge in [-0.1, -0.05) is 0 Å². The number of ether oxygens (including phenoxy) is 2. The number of esters is 1. The number of methoxy groups -OCH3 is 1. The van der Waals surface area contributed by atoms with Crippen molar-refractivity contribution in [3.63, 3.8) is 0 Å². The normalized spacial score (nSPS) is 12.6. The van der Waals surface area contributed by atoms with E-state index in [-0.39, 0.29) is 33.7 Å². The first kappa shape index (κ1) is 20.3. The predicted octanol–water partition coefficient (Wildman–Crippen LogP) is 3.57. The highest BCUT2D eigenvalue weighted by molar-refractivity contribution is 5.88. The van der Waals surface area contributed by atoms with Crippen molar-refractivity contribution in [2.45, 2.75) is 26.1 Å². The van der Waals surface area contributed by atoms with E-state index in [1.54, 1.807) is 0 Å². The van der Waals surface area contributed by atoms with Crippen LogP contribution in [0, 0.1) is 6.92 Å². The molecule has 10 heteroatoms. The number of alkyl halides is 3. The number of hydrogen-bond acceptors (Lipinski definition) is 6.